The first-order chi connectivity index (χ1) is 26.1. The predicted molar refractivity (Wildman–Crippen MR) is 226 cm³/mol. The van der Waals surface area contributed by atoms with Gasteiger partial charge in [0.2, 0.25) is 0 Å². The van der Waals surface area contributed by atoms with E-state index in [-0.39, 0.29) is 32.2 Å². The van der Waals surface area contributed by atoms with Crippen LogP contribution in [-0.4, -0.2) is 70.7 Å². The number of ether oxygens (including phenoxy) is 2. The summed E-state index contributed by atoms with van der Waals surface area (Å²) in [6, 6.07) is 0. The Kier molecular flexibility index (Phi) is 36.0. The van der Waals surface area contributed by atoms with Gasteiger partial charge in [-0.1, -0.05) is 131 Å². The van der Waals surface area contributed by atoms with Crippen molar-refractivity contribution in [1.29, 1.82) is 0 Å². The Morgan fingerprint density at radius 2 is 1.07 bits per heavy atom. The quantitative estimate of drug-likeness (QED) is 0.0204. The molecule has 0 aromatic carbocycles. The summed E-state index contributed by atoms with van der Waals surface area (Å²) in [5, 5.41) is 0. The number of allylic oxidation sites excluding steroid dienone is 14. The van der Waals surface area contributed by atoms with Crippen LogP contribution in [0.3, 0.4) is 0 Å². The van der Waals surface area contributed by atoms with E-state index < -0.39 is 13.9 Å². The van der Waals surface area contributed by atoms with Crippen molar-refractivity contribution in [2.24, 2.45) is 0 Å². The second-order valence-electron chi connectivity index (χ2n) is 14.6. The number of phosphoric acid groups is 1. The summed E-state index contributed by atoms with van der Waals surface area (Å²) in [5.74, 6) is -0.368. The second kappa shape index (κ2) is 37.6. The molecular weight excluding hydrogens is 697 g/mol. The predicted octanol–water partition coefficient (Wildman–Crippen LogP) is 11.5. The van der Waals surface area contributed by atoms with Crippen molar-refractivity contribution in [3.63, 3.8) is 0 Å². The third-order valence-electron chi connectivity index (χ3n) is 8.18. The molecule has 54 heavy (non-hydrogen) atoms. The smallest absolute Gasteiger partial charge is 0.306 e. The van der Waals surface area contributed by atoms with E-state index in [0.29, 0.717) is 17.6 Å². The Morgan fingerprint density at radius 3 is 1.61 bits per heavy atom. The lowest BCUT2D eigenvalue weighted by Gasteiger charge is -2.28. The van der Waals surface area contributed by atoms with Crippen LogP contribution < -0.4 is 4.89 Å². The zero-order chi connectivity index (χ0) is 39.9. The van der Waals surface area contributed by atoms with E-state index in [1.807, 2.05) is 21.1 Å². The number of carbonyl (C=O) groups excluding carboxylic acids is 1. The van der Waals surface area contributed by atoms with E-state index in [0.717, 1.165) is 96.3 Å². The van der Waals surface area contributed by atoms with Crippen LogP contribution in [-0.2, 0) is 27.9 Å². The average Bonchev–Trinajstić information content (AvgIpc) is 3.12. The fraction of sp³-hybridized carbons (Fsp3) is 0.667. The summed E-state index contributed by atoms with van der Waals surface area (Å²) in [5.41, 5.74) is 0. The van der Waals surface area contributed by atoms with Gasteiger partial charge in [0, 0.05) is 13.0 Å². The maximum Gasteiger partial charge on any atom is 0.306 e. The summed E-state index contributed by atoms with van der Waals surface area (Å²) in [6.45, 7) is 5.09. The van der Waals surface area contributed by atoms with Gasteiger partial charge in [0.1, 0.15) is 19.3 Å². The molecule has 0 heterocycles. The minimum absolute atomic E-state index is 0.00980. The number of quaternary nitrogens is 1. The van der Waals surface area contributed by atoms with Gasteiger partial charge in [-0.15, -0.1) is 0 Å². The number of nitrogens with zero attached hydrogens (tertiary/aromatic N) is 1. The Hall–Kier alpha value is -2.32. The molecule has 2 unspecified atom stereocenters. The lowest BCUT2D eigenvalue weighted by Crippen LogP contribution is -2.37. The van der Waals surface area contributed by atoms with Crippen LogP contribution in [0.15, 0.2) is 85.1 Å². The molecule has 0 radical (unpaired) electrons. The Balaban J connectivity index is 4.40. The highest BCUT2D eigenvalue weighted by Gasteiger charge is 2.20. The second-order valence-corrected chi connectivity index (χ2v) is 16.0. The van der Waals surface area contributed by atoms with E-state index in [1.54, 1.807) is 0 Å². The van der Waals surface area contributed by atoms with Gasteiger partial charge in [-0.25, -0.2) is 0 Å². The fourth-order valence-corrected chi connectivity index (χ4v) is 5.67. The van der Waals surface area contributed by atoms with Gasteiger partial charge in [-0.2, -0.15) is 0 Å². The third-order valence-corrected chi connectivity index (χ3v) is 9.14. The SMILES string of the molecule is CC/C=C\C/C=C\C/C=C\C/C=C\C/C=C\CCCCOCC(COP(=O)([O-])OCC[N+](C)(C)C)OC(=O)CCCCCCC/C=C\C/C=C\CCCC. The molecule has 0 N–H and O–H groups in total. The van der Waals surface area contributed by atoms with Crippen molar-refractivity contribution < 1.29 is 37.3 Å². The highest BCUT2D eigenvalue weighted by atomic mass is 31.2. The van der Waals surface area contributed by atoms with E-state index in [9.17, 15) is 14.3 Å². The maximum absolute atomic E-state index is 12.6. The normalized spacial score (nSPS) is 14.7. The van der Waals surface area contributed by atoms with E-state index in [1.165, 1.54) is 19.3 Å². The molecule has 310 valence electrons. The zero-order valence-electron chi connectivity index (χ0n) is 34.9. The molecule has 0 rings (SSSR count). The highest BCUT2D eigenvalue weighted by Crippen LogP contribution is 2.38. The number of unbranched alkanes of at least 4 members (excludes halogenated alkanes) is 9. The summed E-state index contributed by atoms with van der Waals surface area (Å²) in [7, 11) is 1.30. The van der Waals surface area contributed by atoms with Crippen LogP contribution in [0.5, 0.6) is 0 Å². The van der Waals surface area contributed by atoms with Crippen molar-refractivity contribution in [2.45, 2.75) is 142 Å². The summed E-state index contributed by atoms with van der Waals surface area (Å²) < 4.78 is 34.4. The Bertz CT molecular complexity index is 1130. The topological polar surface area (TPSA) is 94.1 Å². The molecule has 9 heteroatoms. The van der Waals surface area contributed by atoms with Crippen LogP contribution in [0.25, 0.3) is 0 Å². The standard InChI is InChI=1S/C45H78NO7P/c1-6-8-10-12-14-16-18-20-22-23-24-25-27-29-31-33-35-37-40-50-42-44(43-52-54(48,49)51-41-39-46(3,4)5)53-45(47)38-36-34-32-30-28-26-21-19-17-15-13-11-9-7-2/h8,10,13-16,19-22,24-25,29,31,44H,6-7,9,11-12,17-18,23,26-28,30,32-43H2,1-5H3/b10-8-,15-13-,16-14-,21-19-,22-20-,25-24-,31-29-. The summed E-state index contributed by atoms with van der Waals surface area (Å²) in [6.07, 6.45) is 48.8. The molecule has 0 amide bonds. The lowest BCUT2D eigenvalue weighted by molar-refractivity contribution is -0.870. The average molecular weight is 776 g/mol. The zero-order valence-corrected chi connectivity index (χ0v) is 35.8. The van der Waals surface area contributed by atoms with Crippen molar-refractivity contribution >= 4 is 13.8 Å². The first-order valence-electron chi connectivity index (χ1n) is 20.8. The Labute approximate surface area is 331 Å². The number of rotatable bonds is 37. The lowest BCUT2D eigenvalue weighted by atomic mass is 10.1. The number of hydrogen-bond acceptors (Lipinski definition) is 7. The Morgan fingerprint density at radius 1 is 0.593 bits per heavy atom. The van der Waals surface area contributed by atoms with Gasteiger partial charge in [0.05, 0.1) is 34.4 Å². The minimum atomic E-state index is -4.54. The third kappa shape index (κ3) is 40.9. The van der Waals surface area contributed by atoms with Crippen molar-refractivity contribution in [3.05, 3.63) is 85.1 Å². The number of hydrogen-bond donors (Lipinski definition) is 0. The van der Waals surface area contributed by atoms with Gasteiger partial charge in [0.15, 0.2) is 0 Å². The van der Waals surface area contributed by atoms with Crippen molar-refractivity contribution in [1.82, 2.24) is 0 Å². The first kappa shape index (κ1) is 51.7. The van der Waals surface area contributed by atoms with Crippen LogP contribution in [0.4, 0.5) is 0 Å². The monoisotopic (exact) mass is 776 g/mol. The summed E-state index contributed by atoms with van der Waals surface area (Å²) >= 11 is 0. The molecule has 0 aromatic heterocycles. The maximum atomic E-state index is 12.6. The van der Waals surface area contributed by atoms with Crippen LogP contribution in [0, 0.1) is 0 Å². The van der Waals surface area contributed by atoms with Crippen molar-refractivity contribution in [2.75, 3.05) is 54.1 Å². The van der Waals surface area contributed by atoms with Crippen molar-refractivity contribution in [3.8, 4) is 0 Å². The molecule has 0 bridgehead atoms. The molecule has 8 nitrogen and oxygen atoms in total. The number of carbonyl (C=O) groups is 1. The van der Waals surface area contributed by atoms with Gasteiger partial charge in [0.25, 0.3) is 7.82 Å². The number of esters is 1. The van der Waals surface area contributed by atoms with Crippen LogP contribution >= 0.6 is 7.82 Å². The van der Waals surface area contributed by atoms with Crippen LogP contribution in [0.2, 0.25) is 0 Å². The number of phosphoric ester groups is 1. The molecule has 0 aliphatic carbocycles. The van der Waals surface area contributed by atoms with Crippen LogP contribution in [0.1, 0.15) is 136 Å². The molecule has 0 saturated carbocycles. The number of likely N-dealkylation sites (N-methyl/N-ethyl adjacent to an activating group) is 1. The summed E-state index contributed by atoms with van der Waals surface area (Å²) in [4.78, 5) is 25.0. The molecule has 0 aliphatic heterocycles. The van der Waals surface area contributed by atoms with E-state index in [4.69, 9.17) is 18.5 Å². The molecular formula is C45H78NO7P. The minimum Gasteiger partial charge on any atom is -0.756 e. The van der Waals surface area contributed by atoms with E-state index >= 15 is 0 Å². The first-order valence-corrected chi connectivity index (χ1v) is 22.3. The largest absolute Gasteiger partial charge is 0.756 e. The van der Waals surface area contributed by atoms with Gasteiger partial charge in [-0.05, 0) is 83.5 Å². The van der Waals surface area contributed by atoms with Gasteiger partial charge < -0.3 is 27.9 Å². The fourth-order valence-electron chi connectivity index (χ4n) is 4.94. The van der Waals surface area contributed by atoms with Gasteiger partial charge >= 0.3 is 5.97 Å². The molecule has 0 fully saturated rings. The van der Waals surface area contributed by atoms with E-state index in [2.05, 4.69) is 98.9 Å². The molecule has 0 saturated heterocycles. The molecule has 0 spiro atoms. The molecule has 2 atom stereocenters. The molecule has 0 aliphatic rings. The molecule has 0 aromatic rings. The van der Waals surface area contributed by atoms with Gasteiger partial charge in [-0.3, -0.25) is 9.36 Å². The highest BCUT2D eigenvalue weighted by molar-refractivity contribution is 7.45.